The van der Waals surface area contributed by atoms with Gasteiger partial charge in [-0.15, -0.1) is 0 Å². The van der Waals surface area contributed by atoms with E-state index in [1.54, 1.807) is 0 Å². The molecular weight excluding hydrogens is 570 g/mol. The smallest absolute Gasteiger partial charge is 0.246 e. The summed E-state index contributed by atoms with van der Waals surface area (Å²) in [6, 6.07) is 17.4. The van der Waals surface area contributed by atoms with Crippen LogP contribution < -0.4 is 16.0 Å². The van der Waals surface area contributed by atoms with E-state index in [0.29, 0.717) is 12.8 Å². The molecule has 5 atom stereocenters. The highest BCUT2D eigenvalue weighted by Gasteiger charge is 2.49. The molecule has 2 aromatic carbocycles. The first-order valence-corrected chi connectivity index (χ1v) is 16.4. The number of benzene rings is 2. The molecule has 1 saturated heterocycles. The van der Waals surface area contributed by atoms with E-state index >= 15 is 0 Å². The Bertz CT molecular complexity index is 1330. The van der Waals surface area contributed by atoms with Crippen molar-refractivity contribution in [3.63, 3.8) is 0 Å². The van der Waals surface area contributed by atoms with Crippen molar-refractivity contribution >= 4 is 27.6 Å². The van der Waals surface area contributed by atoms with E-state index in [2.05, 4.69) is 29.8 Å². The average molecular weight is 616 g/mol. The Labute approximate surface area is 255 Å². The van der Waals surface area contributed by atoms with Gasteiger partial charge >= 0.3 is 0 Å². The number of sulfone groups is 1. The van der Waals surface area contributed by atoms with Crippen LogP contribution in [0.3, 0.4) is 0 Å². The van der Waals surface area contributed by atoms with Crippen LogP contribution in [0.1, 0.15) is 45.2 Å². The summed E-state index contributed by atoms with van der Waals surface area (Å²) >= 11 is 0. The summed E-state index contributed by atoms with van der Waals surface area (Å²) in [5.74, 6) is -1.21. The monoisotopic (exact) mass is 615 g/mol. The topological polar surface area (TPSA) is 143 Å². The first-order valence-electron chi connectivity index (χ1n) is 14.5. The molecule has 1 aliphatic heterocycles. The van der Waals surface area contributed by atoms with Crippen molar-refractivity contribution in [3.8, 4) is 0 Å². The number of ether oxygens (including phenoxy) is 2. The summed E-state index contributed by atoms with van der Waals surface area (Å²) in [5.41, 5.74) is 2.06. The van der Waals surface area contributed by atoms with Gasteiger partial charge < -0.3 is 25.4 Å². The number of hydrogen-bond acceptors (Lipinski definition) is 7. The normalized spacial score (nSPS) is 18.8. The maximum Gasteiger partial charge on any atom is 0.246 e. The van der Waals surface area contributed by atoms with Gasteiger partial charge in [-0.3, -0.25) is 14.4 Å². The van der Waals surface area contributed by atoms with Crippen LogP contribution in [0.25, 0.3) is 0 Å². The fourth-order valence-corrected chi connectivity index (χ4v) is 5.52. The minimum atomic E-state index is -3.78. The molecular formula is C32H45N3O7S. The molecule has 2 aromatic rings. The molecule has 1 fully saturated rings. The van der Waals surface area contributed by atoms with Crippen LogP contribution in [-0.2, 0) is 46.5 Å². The minimum absolute atomic E-state index is 0.0541. The van der Waals surface area contributed by atoms with E-state index in [0.717, 1.165) is 17.4 Å². The number of amides is 3. The lowest BCUT2D eigenvalue weighted by Gasteiger charge is -2.33. The largest absolute Gasteiger partial charge is 0.375 e. The number of epoxide rings is 1. The first kappa shape index (κ1) is 34.2. The van der Waals surface area contributed by atoms with Crippen molar-refractivity contribution in [3.05, 3.63) is 71.8 Å². The molecule has 0 saturated carbocycles. The van der Waals surface area contributed by atoms with Gasteiger partial charge in [0.05, 0.1) is 23.3 Å². The fraction of sp³-hybridized carbons (Fsp3) is 0.531. The lowest BCUT2D eigenvalue weighted by atomic mass is 9.95. The molecule has 0 aliphatic carbocycles. The van der Waals surface area contributed by atoms with Crippen LogP contribution in [0, 0.1) is 5.92 Å². The van der Waals surface area contributed by atoms with Crippen LogP contribution in [-0.4, -0.2) is 81.2 Å². The number of methoxy groups -OCH3 is 1. The molecule has 3 N–H and O–H groups in total. The van der Waals surface area contributed by atoms with Crippen molar-refractivity contribution in [2.75, 3.05) is 20.0 Å². The fourth-order valence-electron chi connectivity index (χ4n) is 4.93. The van der Waals surface area contributed by atoms with Gasteiger partial charge in [-0.2, -0.15) is 0 Å². The summed E-state index contributed by atoms with van der Waals surface area (Å²) < 4.78 is 34.5. The number of nitrogens with one attached hydrogen (secondary N) is 3. The molecule has 0 spiro atoms. The van der Waals surface area contributed by atoms with Crippen molar-refractivity contribution in [1.29, 1.82) is 0 Å². The molecule has 3 amide bonds. The Kier molecular flexibility index (Phi) is 11.9. The summed E-state index contributed by atoms with van der Waals surface area (Å²) in [5, 5.41) is 8.60. The zero-order valence-corrected chi connectivity index (χ0v) is 26.6. The number of hydrogen-bond donors (Lipinski definition) is 3. The third-order valence-corrected chi connectivity index (χ3v) is 10.1. The lowest BCUT2D eigenvalue weighted by molar-refractivity contribution is -0.132. The highest BCUT2D eigenvalue weighted by atomic mass is 32.2. The second-order valence-electron chi connectivity index (χ2n) is 12.1. The van der Waals surface area contributed by atoms with E-state index in [1.807, 2.05) is 60.7 Å². The van der Waals surface area contributed by atoms with Gasteiger partial charge in [-0.05, 0) is 43.7 Å². The maximum atomic E-state index is 13.7. The second-order valence-corrected chi connectivity index (χ2v) is 14.7. The van der Waals surface area contributed by atoms with E-state index in [9.17, 15) is 22.8 Å². The second kappa shape index (κ2) is 14.9. The van der Waals surface area contributed by atoms with Crippen LogP contribution in [0.15, 0.2) is 60.7 Å². The molecule has 0 bridgehead atoms. The van der Waals surface area contributed by atoms with Crippen molar-refractivity contribution in [2.45, 2.75) is 82.0 Å². The summed E-state index contributed by atoms with van der Waals surface area (Å²) in [6.45, 7) is 6.59. The van der Waals surface area contributed by atoms with E-state index in [1.165, 1.54) is 21.0 Å². The highest BCUT2D eigenvalue weighted by molar-refractivity contribution is 7.92. The quantitative estimate of drug-likeness (QED) is 0.246. The van der Waals surface area contributed by atoms with Gasteiger partial charge in [0.25, 0.3) is 0 Å². The van der Waals surface area contributed by atoms with Gasteiger partial charge in [0, 0.05) is 19.4 Å². The van der Waals surface area contributed by atoms with Crippen molar-refractivity contribution in [2.24, 2.45) is 5.92 Å². The summed E-state index contributed by atoms with van der Waals surface area (Å²) in [7, 11) is -2.44. The van der Waals surface area contributed by atoms with Gasteiger partial charge in [-0.25, -0.2) is 8.42 Å². The van der Waals surface area contributed by atoms with Gasteiger partial charge in [0.15, 0.2) is 9.84 Å². The number of carbonyl (C=O) groups is 3. The SMILES string of the molecule is COCC(=O)N[C@H](C(=O)N[C@@H](Cc1ccccc1)[C@H]1O[C@H]1CC(=O)NC(Cc1ccccc1)C(C)C)C(C)(C)S(C)(=O)=O. The molecule has 10 nitrogen and oxygen atoms in total. The molecule has 3 rings (SSSR count). The Hall–Kier alpha value is -3.28. The molecule has 236 valence electrons. The van der Waals surface area contributed by atoms with Crippen molar-refractivity contribution < 1.29 is 32.3 Å². The van der Waals surface area contributed by atoms with Crippen LogP contribution in [0.2, 0.25) is 0 Å². The Balaban J connectivity index is 1.74. The summed E-state index contributed by atoms with van der Waals surface area (Å²) in [4.78, 5) is 39.1. The Morgan fingerprint density at radius 1 is 0.884 bits per heavy atom. The molecule has 1 heterocycles. The molecule has 1 unspecified atom stereocenters. The van der Waals surface area contributed by atoms with E-state index in [4.69, 9.17) is 9.47 Å². The Morgan fingerprint density at radius 3 is 1.95 bits per heavy atom. The van der Waals surface area contributed by atoms with Gasteiger partial charge in [-0.1, -0.05) is 74.5 Å². The molecule has 0 radical (unpaired) electrons. The molecule has 1 aliphatic rings. The van der Waals surface area contributed by atoms with E-state index < -0.39 is 50.7 Å². The zero-order valence-electron chi connectivity index (χ0n) is 25.8. The average Bonchev–Trinajstić information content (AvgIpc) is 3.70. The van der Waals surface area contributed by atoms with Crippen LogP contribution in [0.4, 0.5) is 0 Å². The molecule has 0 aromatic heterocycles. The Morgan fingerprint density at radius 2 is 1.44 bits per heavy atom. The van der Waals surface area contributed by atoms with Crippen LogP contribution in [0.5, 0.6) is 0 Å². The minimum Gasteiger partial charge on any atom is -0.375 e. The van der Waals surface area contributed by atoms with E-state index in [-0.39, 0.29) is 30.9 Å². The molecule has 43 heavy (non-hydrogen) atoms. The number of rotatable bonds is 16. The van der Waals surface area contributed by atoms with Gasteiger partial charge in [0.2, 0.25) is 17.7 Å². The zero-order chi connectivity index (χ0) is 31.8. The predicted molar refractivity (Wildman–Crippen MR) is 165 cm³/mol. The first-order chi connectivity index (χ1) is 20.2. The van der Waals surface area contributed by atoms with Crippen molar-refractivity contribution in [1.82, 2.24) is 16.0 Å². The predicted octanol–water partition coefficient (Wildman–Crippen LogP) is 2.21. The number of carbonyl (C=O) groups excluding carboxylic acids is 3. The molecule has 11 heteroatoms. The lowest BCUT2D eigenvalue weighted by Crippen LogP contribution is -2.62. The summed E-state index contributed by atoms with van der Waals surface area (Å²) in [6.07, 6.45) is 1.33. The van der Waals surface area contributed by atoms with Crippen LogP contribution >= 0.6 is 0 Å². The standard InChI is InChI=1S/C32H45N3O7S/c1-21(2)24(17-22-13-9-7-10-14-22)33-27(36)19-26-29(42-26)25(18-23-15-11-8-12-16-23)34-31(38)30(35-28(37)20-41-5)32(3,4)43(6,39)40/h7-16,21,24-26,29-30H,17-20H2,1-6H3,(H,33,36)(H,34,38)(H,35,37)/t24?,25-,26-,29+,30+/m0/s1. The van der Waals surface area contributed by atoms with Gasteiger partial charge in [0.1, 0.15) is 18.8 Å². The highest BCUT2D eigenvalue weighted by Crippen LogP contribution is 2.31. The third kappa shape index (κ3) is 9.87. The third-order valence-electron chi connectivity index (χ3n) is 7.97. The maximum absolute atomic E-state index is 13.7.